The van der Waals surface area contributed by atoms with Gasteiger partial charge >= 0.3 is 6.16 Å². The van der Waals surface area contributed by atoms with Crippen molar-refractivity contribution in [2.75, 3.05) is 0 Å². The van der Waals surface area contributed by atoms with Crippen LogP contribution in [0.15, 0.2) is 36.4 Å². The summed E-state index contributed by atoms with van der Waals surface area (Å²) in [5.74, 6) is 2.18. The smallest absolute Gasteiger partial charge is 0.428 e. The number of ether oxygens (including phenoxy) is 2. The molecule has 3 heteroatoms. The molecule has 0 amide bonds. The number of rotatable bonds is 5. The molecule has 0 saturated carbocycles. The van der Waals surface area contributed by atoms with Crippen LogP contribution in [-0.4, -0.2) is 11.8 Å². The predicted molar refractivity (Wildman–Crippen MR) is 108 cm³/mol. The van der Waals surface area contributed by atoms with Crippen LogP contribution in [0.1, 0.15) is 66.4 Å². The van der Waals surface area contributed by atoms with Crippen LogP contribution >= 0.6 is 0 Å². The fourth-order valence-electron chi connectivity index (χ4n) is 3.34. The number of benzene rings is 2. The van der Waals surface area contributed by atoms with Crippen molar-refractivity contribution in [1.82, 2.24) is 0 Å². The first-order valence-corrected chi connectivity index (χ1v) is 9.51. The number of carbonyl (C=O) groups is 1. The van der Waals surface area contributed by atoms with Gasteiger partial charge in [0.25, 0.3) is 0 Å². The van der Waals surface area contributed by atoms with Crippen molar-refractivity contribution >= 4 is 16.9 Å². The highest BCUT2D eigenvalue weighted by molar-refractivity contribution is 5.92. The van der Waals surface area contributed by atoms with Crippen molar-refractivity contribution in [3.63, 3.8) is 0 Å². The van der Waals surface area contributed by atoms with Gasteiger partial charge in [-0.25, -0.2) is 4.79 Å². The van der Waals surface area contributed by atoms with Crippen LogP contribution in [-0.2, 0) is 4.74 Å². The Kier molecular flexibility index (Phi) is 6.33. The van der Waals surface area contributed by atoms with E-state index in [9.17, 15) is 4.79 Å². The van der Waals surface area contributed by atoms with Crippen molar-refractivity contribution < 1.29 is 14.3 Å². The minimum atomic E-state index is -0.669. The Bertz CT molecular complexity index is 754. The van der Waals surface area contributed by atoms with E-state index in [0.29, 0.717) is 23.5 Å². The van der Waals surface area contributed by atoms with Crippen LogP contribution in [0.5, 0.6) is 5.75 Å². The Morgan fingerprint density at radius 1 is 0.962 bits per heavy atom. The van der Waals surface area contributed by atoms with E-state index in [0.717, 1.165) is 17.2 Å². The van der Waals surface area contributed by atoms with Gasteiger partial charge in [-0.1, -0.05) is 58.0 Å². The summed E-state index contributed by atoms with van der Waals surface area (Å²) in [6, 6.07) is 12.1. The molecule has 26 heavy (non-hydrogen) atoms. The van der Waals surface area contributed by atoms with Crippen LogP contribution in [0, 0.1) is 11.8 Å². The van der Waals surface area contributed by atoms with E-state index < -0.39 is 11.8 Å². The average molecular weight is 357 g/mol. The molecule has 0 aliphatic rings. The van der Waals surface area contributed by atoms with Crippen molar-refractivity contribution in [1.29, 1.82) is 0 Å². The highest BCUT2D eigenvalue weighted by Gasteiger charge is 2.22. The predicted octanol–water partition coefficient (Wildman–Crippen LogP) is 6.94. The molecule has 0 spiro atoms. The Morgan fingerprint density at radius 2 is 1.58 bits per heavy atom. The number of carbonyl (C=O) groups excluding carboxylic acids is 1. The van der Waals surface area contributed by atoms with Crippen molar-refractivity contribution in [3.8, 4) is 5.75 Å². The summed E-state index contributed by atoms with van der Waals surface area (Å²) in [6.07, 6.45) is 0.464. The zero-order valence-electron chi connectivity index (χ0n) is 17.1. The maximum absolute atomic E-state index is 12.1. The third-order valence-corrected chi connectivity index (χ3v) is 4.43. The molecule has 0 saturated heterocycles. The average Bonchev–Trinajstić information content (AvgIpc) is 2.50. The lowest BCUT2D eigenvalue weighted by atomic mass is 9.80. The van der Waals surface area contributed by atoms with Gasteiger partial charge in [0.05, 0.1) is 0 Å². The fourth-order valence-corrected chi connectivity index (χ4v) is 3.34. The van der Waals surface area contributed by atoms with Gasteiger partial charge < -0.3 is 9.47 Å². The zero-order chi connectivity index (χ0) is 19.5. The van der Waals surface area contributed by atoms with Gasteiger partial charge in [-0.3, -0.25) is 0 Å². The second kappa shape index (κ2) is 8.11. The third-order valence-electron chi connectivity index (χ3n) is 4.43. The second-order valence-corrected chi connectivity index (χ2v) is 8.75. The molecule has 0 heterocycles. The fraction of sp³-hybridized carbons (Fsp3) is 0.522. The Labute approximate surface area is 157 Å². The van der Waals surface area contributed by atoms with Gasteiger partial charge in [0.1, 0.15) is 11.4 Å². The van der Waals surface area contributed by atoms with E-state index >= 15 is 0 Å². The first-order valence-electron chi connectivity index (χ1n) is 9.51. The Balaban J connectivity index is 2.43. The molecule has 0 N–H and O–H groups in total. The summed E-state index contributed by atoms with van der Waals surface area (Å²) < 4.78 is 10.8. The summed E-state index contributed by atoms with van der Waals surface area (Å²) in [7, 11) is 0. The molecule has 0 fully saturated rings. The summed E-state index contributed by atoms with van der Waals surface area (Å²) in [4.78, 5) is 12.1. The minimum absolute atomic E-state index is 0.468. The van der Waals surface area contributed by atoms with Crippen LogP contribution in [0.3, 0.4) is 0 Å². The summed E-state index contributed by atoms with van der Waals surface area (Å²) in [6.45, 7) is 14.5. The Hall–Kier alpha value is -2.03. The summed E-state index contributed by atoms with van der Waals surface area (Å²) >= 11 is 0. The van der Waals surface area contributed by atoms with E-state index in [2.05, 4.69) is 45.9 Å². The topological polar surface area (TPSA) is 35.5 Å². The molecular weight excluding hydrogens is 324 g/mol. The van der Waals surface area contributed by atoms with Crippen LogP contribution in [0.2, 0.25) is 0 Å². The monoisotopic (exact) mass is 356 g/mol. The van der Waals surface area contributed by atoms with Crippen LogP contribution in [0.25, 0.3) is 10.8 Å². The number of hydrogen-bond acceptors (Lipinski definition) is 3. The molecule has 0 bridgehead atoms. The second-order valence-electron chi connectivity index (χ2n) is 8.75. The molecule has 0 radical (unpaired) electrons. The molecule has 3 nitrogen and oxygen atoms in total. The third kappa shape index (κ3) is 5.23. The molecule has 1 unspecified atom stereocenters. The molecule has 2 aromatic carbocycles. The van der Waals surface area contributed by atoms with Crippen LogP contribution < -0.4 is 4.74 Å². The standard InChI is InChI=1S/C23H32O3/c1-15(2)14-20(16(3)4)18-10-8-12-19-17(18)11-9-13-21(19)25-22(24)26-23(5,6)7/h8-13,15-16,20H,14H2,1-7H3. The molecule has 142 valence electrons. The van der Waals surface area contributed by atoms with Crippen molar-refractivity contribution in [2.24, 2.45) is 11.8 Å². The lowest BCUT2D eigenvalue weighted by Gasteiger charge is -2.25. The van der Waals surface area contributed by atoms with Gasteiger partial charge in [-0.2, -0.15) is 0 Å². The Morgan fingerprint density at radius 3 is 2.15 bits per heavy atom. The molecule has 2 rings (SSSR count). The zero-order valence-corrected chi connectivity index (χ0v) is 17.1. The summed E-state index contributed by atoms with van der Waals surface area (Å²) in [5, 5.41) is 2.10. The van der Waals surface area contributed by atoms with Gasteiger partial charge in [-0.05, 0) is 62.0 Å². The maximum atomic E-state index is 12.1. The van der Waals surface area contributed by atoms with Crippen molar-refractivity contribution in [3.05, 3.63) is 42.0 Å². The number of fused-ring (bicyclic) bond motifs is 1. The SMILES string of the molecule is CC(C)CC(c1cccc2c(OC(=O)OC(C)(C)C)cccc12)C(C)C. The normalized spacial score (nSPS) is 13.3. The largest absolute Gasteiger partial charge is 0.514 e. The quantitative estimate of drug-likeness (QED) is 0.430. The number of hydrogen-bond donors (Lipinski definition) is 0. The molecule has 2 aromatic rings. The van der Waals surface area contributed by atoms with Gasteiger partial charge in [0.2, 0.25) is 0 Å². The van der Waals surface area contributed by atoms with E-state index in [4.69, 9.17) is 9.47 Å². The van der Waals surface area contributed by atoms with Gasteiger partial charge in [0.15, 0.2) is 0 Å². The van der Waals surface area contributed by atoms with E-state index in [-0.39, 0.29) is 0 Å². The highest BCUT2D eigenvalue weighted by Crippen LogP contribution is 2.38. The van der Waals surface area contributed by atoms with Crippen molar-refractivity contribution in [2.45, 2.75) is 66.4 Å². The van der Waals surface area contributed by atoms with Gasteiger partial charge in [-0.15, -0.1) is 0 Å². The first-order chi connectivity index (χ1) is 12.1. The lowest BCUT2D eigenvalue weighted by molar-refractivity contribution is 0.0209. The highest BCUT2D eigenvalue weighted by atomic mass is 16.7. The lowest BCUT2D eigenvalue weighted by Crippen LogP contribution is -2.26. The van der Waals surface area contributed by atoms with Gasteiger partial charge in [0, 0.05) is 5.39 Å². The molecule has 1 atom stereocenters. The van der Waals surface area contributed by atoms with Crippen LogP contribution in [0.4, 0.5) is 4.79 Å². The first kappa shape index (κ1) is 20.3. The molecule has 0 aliphatic heterocycles. The molecular formula is C23H32O3. The maximum Gasteiger partial charge on any atom is 0.514 e. The summed E-state index contributed by atoms with van der Waals surface area (Å²) in [5.41, 5.74) is 0.744. The van der Waals surface area contributed by atoms with E-state index in [1.807, 2.05) is 39.0 Å². The molecule has 0 aliphatic carbocycles. The minimum Gasteiger partial charge on any atom is -0.428 e. The molecule has 0 aromatic heterocycles. The van der Waals surface area contributed by atoms with E-state index in [1.165, 1.54) is 5.56 Å². The van der Waals surface area contributed by atoms with E-state index in [1.54, 1.807) is 0 Å².